The first-order chi connectivity index (χ1) is 9.72. The van der Waals surface area contributed by atoms with Crippen molar-refractivity contribution in [3.05, 3.63) is 27.0 Å². The monoisotopic (exact) mass is 371 g/mol. The fourth-order valence-electron chi connectivity index (χ4n) is 2.15. The van der Waals surface area contributed by atoms with Crippen LogP contribution in [0.5, 0.6) is 0 Å². The van der Waals surface area contributed by atoms with Crippen LogP contribution in [-0.2, 0) is 0 Å². The fraction of sp³-hybridized carbons (Fsp3) is 0.385. The van der Waals surface area contributed by atoms with E-state index in [1.54, 1.807) is 11.3 Å². The molecule has 2 aromatic heterocycles. The molecule has 20 heavy (non-hydrogen) atoms. The van der Waals surface area contributed by atoms with Crippen molar-refractivity contribution in [2.75, 3.05) is 13.1 Å². The Morgan fingerprint density at radius 1 is 1.50 bits per heavy atom. The van der Waals surface area contributed by atoms with Crippen molar-refractivity contribution in [3.8, 4) is 9.88 Å². The van der Waals surface area contributed by atoms with Gasteiger partial charge in [0.25, 0.3) is 5.91 Å². The van der Waals surface area contributed by atoms with Gasteiger partial charge in [-0.25, -0.2) is 4.98 Å². The van der Waals surface area contributed by atoms with Crippen LogP contribution in [0.3, 0.4) is 0 Å². The molecule has 0 spiro atoms. The smallest absolute Gasteiger partial charge is 0.271 e. The first-order valence-electron chi connectivity index (χ1n) is 6.45. The number of nitrogens with one attached hydrogen (secondary N) is 2. The average Bonchev–Trinajstić information content (AvgIpc) is 3.08. The Labute approximate surface area is 133 Å². The Morgan fingerprint density at radius 3 is 3.10 bits per heavy atom. The number of nitrogens with zero attached hydrogens (tertiary/aromatic N) is 1. The van der Waals surface area contributed by atoms with Gasteiger partial charge in [0.1, 0.15) is 10.7 Å². The first kappa shape index (κ1) is 14.2. The van der Waals surface area contributed by atoms with Crippen LogP contribution in [0.15, 0.2) is 21.3 Å². The van der Waals surface area contributed by atoms with Crippen molar-refractivity contribution in [3.63, 3.8) is 0 Å². The first-order valence-corrected chi connectivity index (χ1v) is 8.94. The number of piperidine rings is 1. The molecule has 1 atom stereocenters. The van der Waals surface area contributed by atoms with Gasteiger partial charge in [0.05, 0.1) is 8.66 Å². The maximum absolute atomic E-state index is 12.2. The summed E-state index contributed by atoms with van der Waals surface area (Å²) in [7, 11) is 0. The minimum atomic E-state index is -0.0724. The average molecular weight is 372 g/mol. The van der Waals surface area contributed by atoms with E-state index in [9.17, 15) is 4.79 Å². The fourth-order valence-corrected chi connectivity index (χ4v) is 4.41. The summed E-state index contributed by atoms with van der Waals surface area (Å²) in [4.78, 5) is 17.7. The number of carbonyl (C=O) groups is 1. The molecule has 0 aliphatic carbocycles. The molecule has 0 bridgehead atoms. The summed E-state index contributed by atoms with van der Waals surface area (Å²) in [6.07, 6.45) is 2.14. The van der Waals surface area contributed by atoms with Gasteiger partial charge in [0.2, 0.25) is 0 Å². The molecule has 1 aliphatic rings. The molecule has 106 valence electrons. The van der Waals surface area contributed by atoms with E-state index in [0.29, 0.717) is 5.69 Å². The number of aromatic nitrogens is 1. The number of hydrogen-bond acceptors (Lipinski definition) is 5. The Bertz CT molecular complexity index is 604. The van der Waals surface area contributed by atoms with Crippen molar-refractivity contribution in [1.29, 1.82) is 0 Å². The highest BCUT2D eigenvalue weighted by molar-refractivity contribution is 9.11. The Hall–Kier alpha value is -0.760. The van der Waals surface area contributed by atoms with Crippen LogP contribution < -0.4 is 10.6 Å². The molecule has 4 nitrogen and oxygen atoms in total. The van der Waals surface area contributed by atoms with E-state index < -0.39 is 0 Å². The number of rotatable bonds is 3. The number of carbonyl (C=O) groups excluding carboxylic acids is 1. The van der Waals surface area contributed by atoms with E-state index in [1.165, 1.54) is 11.3 Å². The lowest BCUT2D eigenvalue weighted by atomic mass is 10.1. The van der Waals surface area contributed by atoms with Crippen LogP contribution in [0, 0.1) is 0 Å². The molecule has 1 unspecified atom stereocenters. The van der Waals surface area contributed by atoms with Crippen LogP contribution in [0.2, 0.25) is 0 Å². The molecule has 0 saturated carbocycles. The molecule has 1 amide bonds. The van der Waals surface area contributed by atoms with Gasteiger partial charge in [-0.3, -0.25) is 4.79 Å². The van der Waals surface area contributed by atoms with Gasteiger partial charge in [0, 0.05) is 18.0 Å². The van der Waals surface area contributed by atoms with Gasteiger partial charge in [-0.2, -0.15) is 0 Å². The highest BCUT2D eigenvalue weighted by Crippen LogP contribution is 2.33. The van der Waals surface area contributed by atoms with E-state index in [4.69, 9.17) is 0 Å². The predicted octanol–water partition coefficient (Wildman–Crippen LogP) is 3.12. The highest BCUT2D eigenvalue weighted by atomic mass is 79.9. The molecule has 1 saturated heterocycles. The summed E-state index contributed by atoms with van der Waals surface area (Å²) in [6, 6.07) is 4.23. The SMILES string of the molecule is O=C(NC1CCCNC1)c1csc(-c2ccc(Br)s2)n1. The lowest BCUT2D eigenvalue weighted by Crippen LogP contribution is -2.45. The summed E-state index contributed by atoms with van der Waals surface area (Å²) in [5.74, 6) is -0.0724. The van der Waals surface area contributed by atoms with E-state index in [-0.39, 0.29) is 11.9 Å². The minimum Gasteiger partial charge on any atom is -0.347 e. The van der Waals surface area contributed by atoms with Gasteiger partial charge < -0.3 is 10.6 Å². The van der Waals surface area contributed by atoms with Crippen LogP contribution in [0.4, 0.5) is 0 Å². The normalized spacial score (nSPS) is 18.9. The maximum atomic E-state index is 12.2. The van der Waals surface area contributed by atoms with Crippen molar-refractivity contribution in [1.82, 2.24) is 15.6 Å². The Balaban J connectivity index is 1.68. The largest absolute Gasteiger partial charge is 0.347 e. The van der Waals surface area contributed by atoms with E-state index in [2.05, 4.69) is 31.5 Å². The second kappa shape index (κ2) is 6.34. The van der Waals surface area contributed by atoms with Crippen molar-refractivity contribution < 1.29 is 4.79 Å². The Kier molecular flexibility index (Phi) is 4.50. The Morgan fingerprint density at radius 2 is 2.40 bits per heavy atom. The lowest BCUT2D eigenvalue weighted by molar-refractivity contribution is 0.0926. The van der Waals surface area contributed by atoms with Gasteiger partial charge in [-0.1, -0.05) is 0 Å². The number of hydrogen-bond donors (Lipinski definition) is 2. The van der Waals surface area contributed by atoms with Gasteiger partial charge >= 0.3 is 0 Å². The minimum absolute atomic E-state index is 0.0724. The molecular weight excluding hydrogens is 358 g/mol. The zero-order valence-corrected chi connectivity index (χ0v) is 13.9. The molecule has 0 aromatic carbocycles. The van der Waals surface area contributed by atoms with Crippen molar-refractivity contribution >= 4 is 44.5 Å². The predicted molar refractivity (Wildman–Crippen MR) is 86.5 cm³/mol. The third-order valence-electron chi connectivity index (χ3n) is 3.15. The third-order valence-corrected chi connectivity index (χ3v) is 5.79. The number of halogens is 1. The van der Waals surface area contributed by atoms with E-state index in [0.717, 1.165) is 39.6 Å². The standard InChI is InChI=1S/C13H14BrN3OS2/c14-11-4-3-10(20-11)13-17-9(7-19-13)12(18)16-8-2-1-5-15-6-8/h3-4,7-8,15H,1-2,5-6H2,(H,16,18). The number of amides is 1. The second-order valence-electron chi connectivity index (χ2n) is 4.66. The van der Waals surface area contributed by atoms with Gasteiger partial charge in [-0.05, 0) is 47.4 Å². The number of thiazole rings is 1. The van der Waals surface area contributed by atoms with Crippen LogP contribution >= 0.6 is 38.6 Å². The van der Waals surface area contributed by atoms with E-state index in [1.807, 2.05) is 17.5 Å². The van der Waals surface area contributed by atoms with Crippen LogP contribution in [-0.4, -0.2) is 30.0 Å². The molecule has 2 N–H and O–H groups in total. The summed E-state index contributed by atoms with van der Waals surface area (Å²) >= 11 is 6.57. The molecular formula is C13H14BrN3OS2. The lowest BCUT2D eigenvalue weighted by Gasteiger charge is -2.23. The molecule has 3 heterocycles. The molecule has 0 radical (unpaired) electrons. The molecule has 1 fully saturated rings. The maximum Gasteiger partial charge on any atom is 0.271 e. The number of thiophene rings is 1. The van der Waals surface area contributed by atoms with E-state index >= 15 is 0 Å². The van der Waals surface area contributed by atoms with Gasteiger partial charge in [0.15, 0.2) is 0 Å². The zero-order chi connectivity index (χ0) is 13.9. The quantitative estimate of drug-likeness (QED) is 0.871. The van der Waals surface area contributed by atoms with Crippen molar-refractivity contribution in [2.24, 2.45) is 0 Å². The highest BCUT2D eigenvalue weighted by Gasteiger charge is 2.18. The summed E-state index contributed by atoms with van der Waals surface area (Å²) in [6.45, 7) is 1.89. The topological polar surface area (TPSA) is 54.0 Å². The summed E-state index contributed by atoms with van der Waals surface area (Å²) in [5.41, 5.74) is 0.514. The van der Waals surface area contributed by atoms with Gasteiger partial charge in [-0.15, -0.1) is 22.7 Å². The molecule has 7 heteroatoms. The summed E-state index contributed by atoms with van der Waals surface area (Å²) in [5, 5.41) is 9.06. The molecule has 1 aliphatic heterocycles. The summed E-state index contributed by atoms with van der Waals surface area (Å²) < 4.78 is 1.07. The molecule has 2 aromatic rings. The zero-order valence-electron chi connectivity index (χ0n) is 10.7. The van der Waals surface area contributed by atoms with Crippen LogP contribution in [0.1, 0.15) is 23.3 Å². The van der Waals surface area contributed by atoms with Crippen LogP contribution in [0.25, 0.3) is 9.88 Å². The second-order valence-corrected chi connectivity index (χ2v) is 7.98. The molecule has 3 rings (SSSR count). The van der Waals surface area contributed by atoms with Crippen molar-refractivity contribution in [2.45, 2.75) is 18.9 Å². The third kappa shape index (κ3) is 3.28.